The molecular weight excluding hydrogens is 440 g/mol. The minimum Gasteiger partial charge on any atom is -0.398 e. The van der Waals surface area contributed by atoms with E-state index in [4.69, 9.17) is 11.1 Å². The molecule has 6 heteroatoms. The molecule has 0 radical (unpaired) electrons. The van der Waals surface area contributed by atoms with E-state index in [0.717, 1.165) is 33.4 Å². The molecule has 0 aliphatic heterocycles. The van der Waals surface area contributed by atoms with Gasteiger partial charge in [-0.1, -0.05) is 42.5 Å². The van der Waals surface area contributed by atoms with E-state index in [1.54, 1.807) is 4.57 Å². The summed E-state index contributed by atoms with van der Waals surface area (Å²) in [6.45, 7) is 4.52. The number of nitrogens with zero attached hydrogens (tertiary/aromatic N) is 2. The van der Waals surface area contributed by atoms with Crippen molar-refractivity contribution in [3.63, 3.8) is 0 Å². The standard InChI is InChI=1S/C24H24N4O.BrH/c1-16-12-19(13-17(2)23(16)25)22(29)15-28-21-11-7-6-10-20(21)27(24(28)26)14-18-8-4-3-5-9-18;/h3-13,26H,14-15,25H2,1-2H3;1H. The fraction of sp³-hybridized carbons (Fsp3) is 0.167. The molecule has 1 aromatic heterocycles. The van der Waals surface area contributed by atoms with Gasteiger partial charge in [-0.3, -0.25) is 10.2 Å². The zero-order chi connectivity index (χ0) is 20.5. The summed E-state index contributed by atoms with van der Waals surface area (Å²) >= 11 is 0. The number of halogens is 1. The van der Waals surface area contributed by atoms with Gasteiger partial charge in [0.25, 0.3) is 0 Å². The second kappa shape index (κ2) is 8.71. The first kappa shape index (κ1) is 21.6. The maximum Gasteiger partial charge on any atom is 0.203 e. The number of nitrogens with one attached hydrogen (secondary N) is 1. The largest absolute Gasteiger partial charge is 0.398 e. The third kappa shape index (κ3) is 3.96. The first-order valence-electron chi connectivity index (χ1n) is 9.62. The van der Waals surface area contributed by atoms with Gasteiger partial charge in [0.05, 0.1) is 24.1 Å². The molecule has 0 amide bonds. The molecule has 5 nitrogen and oxygen atoms in total. The Morgan fingerprint density at radius 1 is 0.900 bits per heavy atom. The van der Waals surface area contributed by atoms with Gasteiger partial charge in [0, 0.05) is 11.3 Å². The fourth-order valence-electron chi connectivity index (χ4n) is 3.75. The van der Waals surface area contributed by atoms with E-state index in [0.29, 0.717) is 17.7 Å². The summed E-state index contributed by atoms with van der Waals surface area (Å²) < 4.78 is 3.72. The number of carbonyl (C=O) groups excluding carboxylic acids is 1. The zero-order valence-electron chi connectivity index (χ0n) is 17.1. The predicted octanol–water partition coefficient (Wildman–Crippen LogP) is 4.63. The van der Waals surface area contributed by atoms with Crippen LogP contribution < -0.4 is 11.4 Å². The van der Waals surface area contributed by atoms with Crippen LogP contribution in [0.4, 0.5) is 5.69 Å². The van der Waals surface area contributed by atoms with Crippen molar-refractivity contribution < 1.29 is 4.79 Å². The monoisotopic (exact) mass is 464 g/mol. The summed E-state index contributed by atoms with van der Waals surface area (Å²) in [4.78, 5) is 13.0. The van der Waals surface area contributed by atoms with E-state index >= 15 is 0 Å². The highest BCUT2D eigenvalue weighted by atomic mass is 79.9. The Labute approximate surface area is 186 Å². The second-order valence-electron chi connectivity index (χ2n) is 7.42. The Hall–Kier alpha value is -3.12. The summed E-state index contributed by atoms with van der Waals surface area (Å²) in [5.41, 5.74) is 12.4. The number of aryl methyl sites for hydroxylation is 2. The molecule has 3 N–H and O–H groups in total. The number of imidazole rings is 1. The summed E-state index contributed by atoms with van der Waals surface area (Å²) in [6, 6.07) is 21.6. The lowest BCUT2D eigenvalue weighted by molar-refractivity contribution is 0.0971. The van der Waals surface area contributed by atoms with Gasteiger partial charge in [0.15, 0.2) is 5.78 Å². The molecule has 0 saturated heterocycles. The number of fused-ring (bicyclic) bond motifs is 1. The number of Topliss-reactive ketones (excluding diaryl/α,β-unsaturated/α-hetero) is 1. The summed E-state index contributed by atoms with van der Waals surface area (Å²) in [5, 5.41) is 8.75. The number of hydrogen-bond acceptors (Lipinski definition) is 3. The molecule has 0 fully saturated rings. The highest BCUT2D eigenvalue weighted by molar-refractivity contribution is 8.93. The third-order valence-electron chi connectivity index (χ3n) is 5.38. The highest BCUT2D eigenvalue weighted by Crippen LogP contribution is 2.20. The van der Waals surface area contributed by atoms with E-state index in [9.17, 15) is 4.79 Å². The summed E-state index contributed by atoms with van der Waals surface area (Å²) in [6.07, 6.45) is 0. The van der Waals surface area contributed by atoms with E-state index in [1.165, 1.54) is 0 Å². The first-order valence-corrected chi connectivity index (χ1v) is 9.62. The van der Waals surface area contributed by atoms with Crippen molar-refractivity contribution in [2.75, 3.05) is 5.73 Å². The first-order chi connectivity index (χ1) is 14.0. The Morgan fingerprint density at radius 3 is 2.03 bits per heavy atom. The van der Waals surface area contributed by atoms with Crippen molar-refractivity contribution >= 4 is 39.5 Å². The number of hydrogen-bond donors (Lipinski definition) is 2. The van der Waals surface area contributed by atoms with Crippen LogP contribution in [0, 0.1) is 19.3 Å². The van der Waals surface area contributed by atoms with Crippen molar-refractivity contribution in [1.29, 1.82) is 5.41 Å². The Kier molecular flexibility index (Phi) is 6.27. The van der Waals surface area contributed by atoms with E-state index in [2.05, 4.69) is 0 Å². The van der Waals surface area contributed by atoms with Crippen molar-refractivity contribution in [3.05, 3.63) is 94.6 Å². The van der Waals surface area contributed by atoms with Gasteiger partial charge in [-0.25, -0.2) is 0 Å². The average Bonchev–Trinajstić information content (AvgIpc) is 2.98. The van der Waals surface area contributed by atoms with Crippen molar-refractivity contribution in [2.45, 2.75) is 26.9 Å². The Morgan fingerprint density at radius 2 is 1.43 bits per heavy atom. The molecule has 3 aromatic carbocycles. The molecule has 1 heterocycles. The molecule has 0 atom stereocenters. The number of anilines is 1. The number of carbonyl (C=O) groups is 1. The molecule has 0 unspecified atom stereocenters. The van der Waals surface area contributed by atoms with Gasteiger partial charge in [-0.05, 0) is 54.8 Å². The average molecular weight is 465 g/mol. The molecule has 0 spiro atoms. The van der Waals surface area contributed by atoms with Gasteiger partial charge >= 0.3 is 0 Å². The fourth-order valence-corrected chi connectivity index (χ4v) is 3.75. The van der Waals surface area contributed by atoms with Crippen LogP contribution in [-0.2, 0) is 13.1 Å². The lowest BCUT2D eigenvalue weighted by Crippen LogP contribution is -2.27. The molecule has 154 valence electrons. The Bertz CT molecular complexity index is 1250. The smallest absolute Gasteiger partial charge is 0.203 e. The maximum atomic E-state index is 13.0. The van der Waals surface area contributed by atoms with Crippen LogP contribution in [0.5, 0.6) is 0 Å². The minimum absolute atomic E-state index is 0. The van der Waals surface area contributed by atoms with Crippen LogP contribution in [0.1, 0.15) is 27.0 Å². The number of para-hydroxylation sites is 2. The number of rotatable bonds is 5. The molecule has 4 aromatic rings. The number of nitrogen functional groups attached to an aromatic ring is 1. The number of aromatic nitrogens is 2. The molecule has 0 bridgehead atoms. The molecule has 0 saturated carbocycles. The predicted molar refractivity (Wildman–Crippen MR) is 126 cm³/mol. The topological polar surface area (TPSA) is 76.8 Å². The number of benzene rings is 3. The zero-order valence-corrected chi connectivity index (χ0v) is 18.8. The van der Waals surface area contributed by atoms with Crippen LogP contribution >= 0.6 is 17.0 Å². The number of ketones is 1. The SMILES string of the molecule is Br.Cc1cc(C(=O)Cn2c(=N)n(Cc3ccccc3)c3ccccc32)cc(C)c1N. The lowest BCUT2D eigenvalue weighted by atomic mass is 10.0. The van der Waals surface area contributed by atoms with Crippen LogP contribution in [0.3, 0.4) is 0 Å². The van der Waals surface area contributed by atoms with Gasteiger partial charge in [0.1, 0.15) is 0 Å². The highest BCUT2D eigenvalue weighted by Gasteiger charge is 2.16. The van der Waals surface area contributed by atoms with Crippen molar-refractivity contribution in [1.82, 2.24) is 9.13 Å². The van der Waals surface area contributed by atoms with Crippen LogP contribution in [0.25, 0.3) is 11.0 Å². The van der Waals surface area contributed by atoms with Crippen molar-refractivity contribution in [3.8, 4) is 0 Å². The quantitative estimate of drug-likeness (QED) is 0.333. The van der Waals surface area contributed by atoms with Gasteiger partial charge < -0.3 is 14.9 Å². The Balaban J connectivity index is 0.00000256. The molecule has 0 aliphatic rings. The van der Waals surface area contributed by atoms with Crippen LogP contribution in [0.2, 0.25) is 0 Å². The molecule has 30 heavy (non-hydrogen) atoms. The second-order valence-corrected chi connectivity index (χ2v) is 7.42. The van der Waals surface area contributed by atoms with Gasteiger partial charge in [-0.15, -0.1) is 17.0 Å². The van der Waals surface area contributed by atoms with Crippen LogP contribution in [0.15, 0.2) is 66.7 Å². The third-order valence-corrected chi connectivity index (χ3v) is 5.38. The summed E-state index contributed by atoms with van der Waals surface area (Å²) in [5.74, 6) is -0.0303. The molecule has 0 aliphatic carbocycles. The van der Waals surface area contributed by atoms with E-state index in [1.807, 2.05) is 85.1 Å². The van der Waals surface area contributed by atoms with Crippen LogP contribution in [-0.4, -0.2) is 14.9 Å². The van der Waals surface area contributed by atoms with Crippen molar-refractivity contribution in [2.24, 2.45) is 0 Å². The van der Waals surface area contributed by atoms with E-state index < -0.39 is 0 Å². The van der Waals surface area contributed by atoms with Gasteiger partial charge in [-0.2, -0.15) is 0 Å². The normalized spacial score (nSPS) is 10.7. The maximum absolute atomic E-state index is 13.0. The summed E-state index contributed by atoms with van der Waals surface area (Å²) in [7, 11) is 0. The lowest BCUT2D eigenvalue weighted by Gasteiger charge is -2.09. The molecule has 4 rings (SSSR count). The molecular formula is C24H25BrN4O. The number of nitrogens with two attached hydrogens (primary N) is 1. The minimum atomic E-state index is -0.0303. The van der Waals surface area contributed by atoms with Gasteiger partial charge in [0.2, 0.25) is 5.62 Å². The van der Waals surface area contributed by atoms with E-state index in [-0.39, 0.29) is 29.3 Å².